The number of benzene rings is 2. The molecule has 0 saturated heterocycles. The average molecular weight is 331 g/mol. The lowest BCUT2D eigenvalue weighted by Crippen LogP contribution is -2.24. The Kier molecular flexibility index (Phi) is 5.77. The van der Waals surface area contributed by atoms with Crippen LogP contribution >= 0.6 is 11.6 Å². The van der Waals surface area contributed by atoms with Crippen LogP contribution in [0.1, 0.15) is 39.6 Å². The van der Waals surface area contributed by atoms with Crippen molar-refractivity contribution in [1.29, 1.82) is 0 Å². The Labute approximate surface area is 140 Å². The predicted molar refractivity (Wildman–Crippen MR) is 93.2 cm³/mol. The smallest absolute Gasteiger partial charge is 0.255 e. The third kappa shape index (κ3) is 4.57. The second-order valence-electron chi connectivity index (χ2n) is 5.25. The summed E-state index contributed by atoms with van der Waals surface area (Å²) in [5.74, 6) is -0.463. The molecule has 0 heterocycles. The number of carbonyl (C=O) groups excluding carboxylic acids is 2. The van der Waals surface area contributed by atoms with E-state index in [1.165, 1.54) is 0 Å². The van der Waals surface area contributed by atoms with E-state index < -0.39 is 0 Å². The predicted octanol–water partition coefficient (Wildman–Crippen LogP) is 4.04. The Morgan fingerprint density at radius 2 is 1.74 bits per heavy atom. The summed E-state index contributed by atoms with van der Waals surface area (Å²) in [6.45, 7) is 4.49. The number of hydrogen-bond acceptors (Lipinski definition) is 2. The molecule has 4 nitrogen and oxygen atoms in total. The first kappa shape index (κ1) is 17.0. The summed E-state index contributed by atoms with van der Waals surface area (Å²) >= 11 is 6.05. The highest BCUT2D eigenvalue weighted by Gasteiger charge is 2.11. The molecule has 2 aromatic rings. The van der Waals surface area contributed by atoms with Crippen molar-refractivity contribution in [3.8, 4) is 0 Å². The van der Waals surface area contributed by atoms with Gasteiger partial charge >= 0.3 is 0 Å². The minimum Gasteiger partial charge on any atom is -0.352 e. The van der Waals surface area contributed by atoms with Crippen molar-refractivity contribution in [2.24, 2.45) is 0 Å². The van der Waals surface area contributed by atoms with E-state index in [-0.39, 0.29) is 11.8 Å². The molecule has 2 N–H and O–H groups in total. The van der Waals surface area contributed by atoms with Crippen molar-refractivity contribution in [2.75, 3.05) is 11.9 Å². The van der Waals surface area contributed by atoms with Crippen LogP contribution in [-0.2, 0) is 0 Å². The first-order valence-electron chi connectivity index (χ1n) is 7.47. The van der Waals surface area contributed by atoms with Gasteiger partial charge in [-0.2, -0.15) is 0 Å². The molecule has 0 bridgehead atoms. The van der Waals surface area contributed by atoms with Gasteiger partial charge in [-0.3, -0.25) is 9.59 Å². The van der Waals surface area contributed by atoms with Crippen molar-refractivity contribution in [2.45, 2.75) is 20.3 Å². The van der Waals surface area contributed by atoms with E-state index in [2.05, 4.69) is 10.6 Å². The summed E-state index contributed by atoms with van der Waals surface area (Å²) in [4.78, 5) is 24.3. The largest absolute Gasteiger partial charge is 0.352 e. The lowest BCUT2D eigenvalue weighted by molar-refractivity contribution is 0.0953. The van der Waals surface area contributed by atoms with Crippen molar-refractivity contribution in [1.82, 2.24) is 5.32 Å². The van der Waals surface area contributed by atoms with Gasteiger partial charge in [0.05, 0.1) is 0 Å². The van der Waals surface area contributed by atoms with Crippen molar-refractivity contribution >= 4 is 29.1 Å². The van der Waals surface area contributed by atoms with Gasteiger partial charge < -0.3 is 10.6 Å². The van der Waals surface area contributed by atoms with Crippen LogP contribution in [-0.4, -0.2) is 18.4 Å². The van der Waals surface area contributed by atoms with Gasteiger partial charge in [0.15, 0.2) is 0 Å². The molecule has 0 saturated carbocycles. The lowest BCUT2D eigenvalue weighted by Gasteiger charge is -2.08. The van der Waals surface area contributed by atoms with Gasteiger partial charge in [-0.1, -0.05) is 30.7 Å². The first-order valence-corrected chi connectivity index (χ1v) is 7.85. The van der Waals surface area contributed by atoms with Crippen LogP contribution in [0.5, 0.6) is 0 Å². The van der Waals surface area contributed by atoms with Crippen LogP contribution in [0.15, 0.2) is 42.5 Å². The Hall–Kier alpha value is -2.33. The van der Waals surface area contributed by atoms with Crippen LogP contribution in [0.25, 0.3) is 0 Å². The molecule has 0 aromatic heterocycles. The fourth-order valence-corrected chi connectivity index (χ4v) is 2.20. The number of rotatable bonds is 5. The van der Waals surface area contributed by atoms with Gasteiger partial charge in [-0.05, 0) is 49.2 Å². The third-order valence-electron chi connectivity index (χ3n) is 3.35. The maximum Gasteiger partial charge on any atom is 0.255 e. The van der Waals surface area contributed by atoms with Crippen LogP contribution in [0, 0.1) is 6.92 Å². The number of nitrogens with one attached hydrogen (secondary N) is 2. The maximum atomic E-state index is 12.3. The van der Waals surface area contributed by atoms with E-state index in [0.717, 1.165) is 12.0 Å². The van der Waals surface area contributed by atoms with E-state index in [1.807, 2.05) is 19.9 Å². The van der Waals surface area contributed by atoms with Gasteiger partial charge in [0, 0.05) is 28.4 Å². The second-order valence-corrected chi connectivity index (χ2v) is 5.66. The standard InChI is InChI=1S/C18H19ClN2O2/c1-3-9-20-17(22)13-5-4-6-14(10-13)18(23)21-15-8-7-12(2)16(19)11-15/h4-8,10-11H,3,9H2,1-2H3,(H,20,22)(H,21,23). The number of carbonyl (C=O) groups is 2. The number of halogens is 1. The minimum absolute atomic E-state index is 0.181. The van der Waals surface area contributed by atoms with Gasteiger partial charge in [0.2, 0.25) is 0 Å². The second kappa shape index (κ2) is 7.79. The third-order valence-corrected chi connectivity index (χ3v) is 3.76. The normalized spacial score (nSPS) is 10.2. The molecule has 0 atom stereocenters. The first-order chi connectivity index (χ1) is 11.0. The van der Waals surface area contributed by atoms with Gasteiger partial charge in [0.25, 0.3) is 11.8 Å². The van der Waals surface area contributed by atoms with Crippen LogP contribution < -0.4 is 10.6 Å². The molecule has 2 aromatic carbocycles. The lowest BCUT2D eigenvalue weighted by atomic mass is 10.1. The molecule has 0 aliphatic heterocycles. The zero-order valence-electron chi connectivity index (χ0n) is 13.2. The zero-order chi connectivity index (χ0) is 16.8. The monoisotopic (exact) mass is 330 g/mol. The summed E-state index contributed by atoms with van der Waals surface area (Å²) in [5.41, 5.74) is 2.45. The molecular weight excluding hydrogens is 312 g/mol. The van der Waals surface area contributed by atoms with Crippen LogP contribution in [0.2, 0.25) is 5.02 Å². The highest BCUT2D eigenvalue weighted by atomic mass is 35.5. The number of anilines is 1. The number of amides is 2. The van der Waals surface area contributed by atoms with E-state index in [1.54, 1.807) is 36.4 Å². The Morgan fingerprint density at radius 1 is 1.04 bits per heavy atom. The van der Waals surface area contributed by atoms with E-state index in [9.17, 15) is 9.59 Å². The number of hydrogen-bond donors (Lipinski definition) is 2. The molecule has 0 radical (unpaired) electrons. The average Bonchev–Trinajstić information content (AvgIpc) is 2.56. The number of aryl methyl sites for hydroxylation is 1. The van der Waals surface area contributed by atoms with Gasteiger partial charge in [-0.15, -0.1) is 0 Å². The topological polar surface area (TPSA) is 58.2 Å². The molecule has 2 amide bonds. The molecule has 0 fully saturated rings. The summed E-state index contributed by atoms with van der Waals surface area (Å²) < 4.78 is 0. The fourth-order valence-electron chi connectivity index (χ4n) is 2.02. The van der Waals surface area contributed by atoms with Crippen LogP contribution in [0.3, 0.4) is 0 Å². The molecule has 0 aliphatic carbocycles. The van der Waals surface area contributed by atoms with Crippen molar-refractivity contribution in [3.63, 3.8) is 0 Å². The molecule has 0 unspecified atom stereocenters. The summed E-state index contributed by atoms with van der Waals surface area (Å²) in [5, 5.41) is 6.16. The van der Waals surface area contributed by atoms with Gasteiger partial charge in [0.1, 0.15) is 0 Å². The quantitative estimate of drug-likeness (QED) is 0.869. The van der Waals surface area contributed by atoms with Crippen LogP contribution in [0.4, 0.5) is 5.69 Å². The van der Waals surface area contributed by atoms with Crippen molar-refractivity contribution < 1.29 is 9.59 Å². The highest BCUT2D eigenvalue weighted by molar-refractivity contribution is 6.31. The minimum atomic E-state index is -0.282. The molecule has 120 valence electrons. The molecule has 0 spiro atoms. The maximum absolute atomic E-state index is 12.3. The van der Waals surface area contributed by atoms with E-state index in [4.69, 9.17) is 11.6 Å². The summed E-state index contributed by atoms with van der Waals surface area (Å²) in [6.07, 6.45) is 0.861. The molecular formula is C18H19ClN2O2. The van der Waals surface area contributed by atoms with E-state index in [0.29, 0.717) is 28.4 Å². The van der Waals surface area contributed by atoms with Crippen molar-refractivity contribution in [3.05, 3.63) is 64.2 Å². The summed E-state index contributed by atoms with van der Waals surface area (Å²) in [6, 6.07) is 12.0. The molecule has 2 rings (SSSR count). The molecule has 23 heavy (non-hydrogen) atoms. The van der Waals surface area contributed by atoms with Gasteiger partial charge in [-0.25, -0.2) is 0 Å². The Bertz CT molecular complexity index is 729. The fraction of sp³-hybridized carbons (Fsp3) is 0.222. The van der Waals surface area contributed by atoms with E-state index >= 15 is 0 Å². The Balaban J connectivity index is 2.13. The zero-order valence-corrected chi connectivity index (χ0v) is 13.9. The SMILES string of the molecule is CCCNC(=O)c1cccc(C(=O)Nc2ccc(C)c(Cl)c2)c1. The summed E-state index contributed by atoms with van der Waals surface area (Å²) in [7, 11) is 0. The molecule has 0 aliphatic rings. The Morgan fingerprint density at radius 3 is 2.39 bits per heavy atom. The highest BCUT2D eigenvalue weighted by Crippen LogP contribution is 2.20. The molecule has 5 heteroatoms.